The van der Waals surface area contributed by atoms with Crippen molar-refractivity contribution in [3.63, 3.8) is 0 Å². The summed E-state index contributed by atoms with van der Waals surface area (Å²) in [4.78, 5) is 15.8. The standard InChI is InChI=1S/C12H18N4O/c1-3-12(4-2,9-13)11(17)15-6-8-16-7-5-14-10-16/h5,7,10H,3-4,6,8H2,1-2H3,(H,15,17). The third kappa shape index (κ3) is 3.06. The molecule has 0 unspecified atom stereocenters. The SMILES string of the molecule is CCC(C#N)(CC)C(=O)NCCn1ccnc1. The van der Waals surface area contributed by atoms with Crippen LogP contribution in [0.3, 0.4) is 0 Å². The summed E-state index contributed by atoms with van der Waals surface area (Å²) in [7, 11) is 0. The van der Waals surface area contributed by atoms with Gasteiger partial charge in [-0.1, -0.05) is 13.8 Å². The van der Waals surface area contributed by atoms with E-state index in [0.717, 1.165) is 0 Å². The van der Waals surface area contributed by atoms with E-state index in [1.807, 2.05) is 24.6 Å². The Morgan fingerprint density at radius 3 is 2.71 bits per heavy atom. The highest BCUT2D eigenvalue weighted by Gasteiger charge is 2.34. The molecule has 0 radical (unpaired) electrons. The molecule has 1 N–H and O–H groups in total. The van der Waals surface area contributed by atoms with Crippen LogP contribution in [0.2, 0.25) is 0 Å². The van der Waals surface area contributed by atoms with E-state index in [-0.39, 0.29) is 5.91 Å². The predicted molar refractivity (Wildman–Crippen MR) is 63.9 cm³/mol. The molecule has 0 aliphatic carbocycles. The minimum absolute atomic E-state index is 0.176. The van der Waals surface area contributed by atoms with Crippen LogP contribution in [0, 0.1) is 16.7 Å². The normalized spacial score (nSPS) is 10.9. The molecule has 92 valence electrons. The Morgan fingerprint density at radius 1 is 1.53 bits per heavy atom. The minimum Gasteiger partial charge on any atom is -0.353 e. The molecular formula is C12H18N4O. The van der Waals surface area contributed by atoms with Crippen LogP contribution in [0.5, 0.6) is 0 Å². The number of rotatable bonds is 6. The maximum absolute atomic E-state index is 11.9. The Morgan fingerprint density at radius 2 is 2.24 bits per heavy atom. The van der Waals surface area contributed by atoms with Crippen molar-refractivity contribution in [2.45, 2.75) is 33.2 Å². The summed E-state index contributed by atoms with van der Waals surface area (Å²) in [5.41, 5.74) is -0.880. The monoisotopic (exact) mass is 234 g/mol. The molecule has 0 saturated carbocycles. The molecule has 1 amide bonds. The number of nitrogens with one attached hydrogen (secondary N) is 1. The molecule has 0 aliphatic heterocycles. The molecule has 0 aromatic carbocycles. The number of amides is 1. The molecule has 5 nitrogen and oxygen atoms in total. The number of carbonyl (C=O) groups is 1. The second kappa shape index (κ2) is 6.04. The van der Waals surface area contributed by atoms with Gasteiger partial charge >= 0.3 is 0 Å². The second-order valence-electron chi connectivity index (χ2n) is 3.96. The Labute approximate surface area is 101 Å². The highest BCUT2D eigenvalue weighted by Crippen LogP contribution is 2.25. The lowest BCUT2D eigenvalue weighted by atomic mass is 9.83. The summed E-state index contributed by atoms with van der Waals surface area (Å²) in [5, 5.41) is 11.9. The smallest absolute Gasteiger partial charge is 0.240 e. The molecule has 0 spiro atoms. The average molecular weight is 234 g/mol. The van der Waals surface area contributed by atoms with E-state index in [2.05, 4.69) is 16.4 Å². The first kappa shape index (κ1) is 13.2. The Kier molecular flexibility index (Phi) is 4.70. The maximum atomic E-state index is 11.9. The number of aromatic nitrogens is 2. The van der Waals surface area contributed by atoms with Gasteiger partial charge in [0.15, 0.2) is 0 Å². The van der Waals surface area contributed by atoms with E-state index in [4.69, 9.17) is 5.26 Å². The maximum Gasteiger partial charge on any atom is 0.240 e. The summed E-state index contributed by atoms with van der Waals surface area (Å²) in [6.45, 7) is 4.91. The fraction of sp³-hybridized carbons (Fsp3) is 0.583. The molecule has 1 aromatic rings. The van der Waals surface area contributed by atoms with Gasteiger partial charge in [0.2, 0.25) is 5.91 Å². The summed E-state index contributed by atoms with van der Waals surface area (Å²) in [6, 6.07) is 2.13. The van der Waals surface area contributed by atoms with Gasteiger partial charge in [0.05, 0.1) is 12.4 Å². The number of imidazole rings is 1. The van der Waals surface area contributed by atoms with Gasteiger partial charge in [0.1, 0.15) is 5.41 Å². The zero-order chi connectivity index (χ0) is 12.7. The molecule has 5 heteroatoms. The van der Waals surface area contributed by atoms with Crippen LogP contribution in [0.4, 0.5) is 0 Å². The van der Waals surface area contributed by atoms with Gasteiger partial charge in [0, 0.05) is 25.5 Å². The van der Waals surface area contributed by atoms with E-state index < -0.39 is 5.41 Å². The van der Waals surface area contributed by atoms with Gasteiger partial charge in [0.25, 0.3) is 0 Å². The first-order valence-electron chi connectivity index (χ1n) is 5.83. The van der Waals surface area contributed by atoms with E-state index in [1.54, 1.807) is 12.5 Å². The highest BCUT2D eigenvalue weighted by atomic mass is 16.2. The van der Waals surface area contributed by atoms with Gasteiger partial charge in [-0.05, 0) is 12.8 Å². The lowest BCUT2D eigenvalue weighted by Gasteiger charge is -2.22. The average Bonchev–Trinajstić information content (AvgIpc) is 2.85. The minimum atomic E-state index is -0.880. The van der Waals surface area contributed by atoms with Crippen molar-refractivity contribution in [1.29, 1.82) is 5.26 Å². The van der Waals surface area contributed by atoms with Crippen molar-refractivity contribution in [3.05, 3.63) is 18.7 Å². The zero-order valence-electron chi connectivity index (χ0n) is 10.3. The number of hydrogen-bond donors (Lipinski definition) is 1. The van der Waals surface area contributed by atoms with Crippen LogP contribution in [0.25, 0.3) is 0 Å². The van der Waals surface area contributed by atoms with Gasteiger partial charge in [-0.2, -0.15) is 5.26 Å². The molecule has 1 rings (SSSR count). The molecule has 0 atom stereocenters. The third-order valence-corrected chi connectivity index (χ3v) is 3.07. The fourth-order valence-electron chi connectivity index (χ4n) is 1.67. The number of nitriles is 1. The summed E-state index contributed by atoms with van der Waals surface area (Å²) >= 11 is 0. The molecule has 0 fully saturated rings. The number of nitrogens with zero attached hydrogens (tertiary/aromatic N) is 3. The van der Waals surface area contributed by atoms with E-state index >= 15 is 0 Å². The van der Waals surface area contributed by atoms with Crippen LogP contribution in [0.15, 0.2) is 18.7 Å². The van der Waals surface area contributed by atoms with Crippen molar-refractivity contribution in [3.8, 4) is 6.07 Å². The third-order valence-electron chi connectivity index (χ3n) is 3.07. The first-order valence-corrected chi connectivity index (χ1v) is 5.83. The van der Waals surface area contributed by atoms with Crippen molar-refractivity contribution >= 4 is 5.91 Å². The van der Waals surface area contributed by atoms with Gasteiger partial charge < -0.3 is 9.88 Å². The lowest BCUT2D eigenvalue weighted by Crippen LogP contribution is -2.40. The quantitative estimate of drug-likeness (QED) is 0.807. The molecule has 17 heavy (non-hydrogen) atoms. The van der Waals surface area contributed by atoms with Gasteiger partial charge in [-0.3, -0.25) is 4.79 Å². The van der Waals surface area contributed by atoms with Crippen molar-refractivity contribution in [2.24, 2.45) is 5.41 Å². The Bertz CT molecular complexity index is 387. The topological polar surface area (TPSA) is 70.7 Å². The molecule has 0 aliphatic rings. The van der Waals surface area contributed by atoms with Gasteiger partial charge in [-0.15, -0.1) is 0 Å². The zero-order valence-corrected chi connectivity index (χ0v) is 10.3. The number of carbonyl (C=O) groups excluding carboxylic acids is 1. The van der Waals surface area contributed by atoms with Crippen LogP contribution in [-0.4, -0.2) is 22.0 Å². The Hall–Kier alpha value is -1.83. The molecular weight excluding hydrogens is 216 g/mol. The second-order valence-corrected chi connectivity index (χ2v) is 3.96. The summed E-state index contributed by atoms with van der Waals surface area (Å²) < 4.78 is 1.88. The van der Waals surface area contributed by atoms with Gasteiger partial charge in [-0.25, -0.2) is 4.98 Å². The molecule has 1 aromatic heterocycles. The van der Waals surface area contributed by atoms with Crippen molar-refractivity contribution in [2.75, 3.05) is 6.54 Å². The first-order chi connectivity index (χ1) is 8.18. The largest absolute Gasteiger partial charge is 0.353 e. The Balaban J connectivity index is 2.46. The molecule has 1 heterocycles. The summed E-state index contributed by atoms with van der Waals surface area (Å²) in [5.74, 6) is -0.176. The van der Waals surface area contributed by atoms with Crippen LogP contribution >= 0.6 is 0 Å². The summed E-state index contributed by atoms with van der Waals surface area (Å²) in [6.07, 6.45) is 6.31. The van der Waals surface area contributed by atoms with E-state index in [9.17, 15) is 4.79 Å². The lowest BCUT2D eigenvalue weighted by molar-refractivity contribution is -0.128. The predicted octanol–water partition coefficient (Wildman–Crippen LogP) is 1.33. The number of hydrogen-bond acceptors (Lipinski definition) is 3. The van der Waals surface area contributed by atoms with Crippen LogP contribution in [-0.2, 0) is 11.3 Å². The fourth-order valence-corrected chi connectivity index (χ4v) is 1.67. The molecule has 0 saturated heterocycles. The van der Waals surface area contributed by atoms with Crippen molar-refractivity contribution < 1.29 is 4.79 Å². The molecule has 0 bridgehead atoms. The van der Waals surface area contributed by atoms with E-state index in [1.165, 1.54) is 0 Å². The van der Waals surface area contributed by atoms with E-state index in [0.29, 0.717) is 25.9 Å². The van der Waals surface area contributed by atoms with Crippen molar-refractivity contribution in [1.82, 2.24) is 14.9 Å². The van der Waals surface area contributed by atoms with Crippen LogP contribution in [0.1, 0.15) is 26.7 Å². The highest BCUT2D eigenvalue weighted by molar-refractivity contribution is 5.85. The van der Waals surface area contributed by atoms with Crippen LogP contribution < -0.4 is 5.32 Å².